The molecule has 0 aliphatic rings. The molecule has 0 bridgehead atoms. The van der Waals surface area contributed by atoms with Gasteiger partial charge in [-0.25, -0.2) is 9.97 Å². The predicted molar refractivity (Wildman–Crippen MR) is 82.3 cm³/mol. The Morgan fingerprint density at radius 3 is 2.58 bits per heavy atom. The van der Waals surface area contributed by atoms with Crippen LogP contribution < -0.4 is 5.32 Å². The van der Waals surface area contributed by atoms with E-state index in [1.807, 2.05) is 6.92 Å². The lowest BCUT2D eigenvalue weighted by molar-refractivity contribution is 0.771. The summed E-state index contributed by atoms with van der Waals surface area (Å²) in [7, 11) is 0. The highest BCUT2D eigenvalue weighted by molar-refractivity contribution is 7.11. The number of nitrogens with zero attached hydrogens (tertiary/aromatic N) is 2. The van der Waals surface area contributed by atoms with Crippen molar-refractivity contribution in [1.29, 1.82) is 0 Å². The molecule has 2 rings (SSSR count). The van der Waals surface area contributed by atoms with Gasteiger partial charge in [0.1, 0.15) is 16.8 Å². The fourth-order valence-electron chi connectivity index (χ4n) is 1.69. The van der Waals surface area contributed by atoms with Crippen LogP contribution >= 0.6 is 22.9 Å². The first kappa shape index (κ1) is 14.3. The molecule has 19 heavy (non-hydrogen) atoms. The number of nitrogens with one attached hydrogen (secondary N) is 1. The average Bonchev–Trinajstić information content (AvgIpc) is 2.76. The minimum absolute atomic E-state index is 0.266. The first-order chi connectivity index (χ1) is 8.97. The van der Waals surface area contributed by atoms with Crippen LogP contribution in [-0.4, -0.2) is 9.97 Å². The summed E-state index contributed by atoms with van der Waals surface area (Å²) in [6.45, 7) is 8.94. The van der Waals surface area contributed by atoms with E-state index in [9.17, 15) is 0 Å². The predicted octanol–water partition coefficient (Wildman–Crippen LogP) is 4.54. The molecule has 0 aromatic carbocycles. The normalized spacial score (nSPS) is 11.1. The number of hydrogen-bond acceptors (Lipinski definition) is 4. The average molecular weight is 296 g/mol. The molecule has 0 amide bonds. The van der Waals surface area contributed by atoms with Crippen LogP contribution in [-0.2, 0) is 6.54 Å². The zero-order chi connectivity index (χ0) is 14.0. The molecule has 5 heteroatoms. The van der Waals surface area contributed by atoms with Crippen LogP contribution in [0.15, 0.2) is 12.1 Å². The standard InChI is InChI=1S/C14H18ClN3S/c1-8(2)13-17-12(15)10(4)14(18-13)16-7-11-6-5-9(3)19-11/h5-6,8H,7H2,1-4H3,(H,16,17,18). The Morgan fingerprint density at radius 2 is 2.00 bits per heavy atom. The molecule has 0 saturated heterocycles. The number of hydrogen-bond donors (Lipinski definition) is 1. The van der Waals surface area contributed by atoms with Gasteiger partial charge in [0, 0.05) is 21.2 Å². The van der Waals surface area contributed by atoms with Gasteiger partial charge in [-0.1, -0.05) is 25.4 Å². The highest BCUT2D eigenvalue weighted by Crippen LogP contribution is 2.24. The van der Waals surface area contributed by atoms with E-state index in [1.165, 1.54) is 9.75 Å². The van der Waals surface area contributed by atoms with Gasteiger partial charge in [-0.2, -0.15) is 0 Å². The molecule has 2 aromatic heterocycles. The molecule has 0 atom stereocenters. The third-order valence-corrected chi connectivity index (χ3v) is 4.21. The van der Waals surface area contributed by atoms with Crippen LogP contribution in [0.3, 0.4) is 0 Å². The van der Waals surface area contributed by atoms with Crippen molar-refractivity contribution in [1.82, 2.24) is 9.97 Å². The fourth-order valence-corrected chi connectivity index (χ4v) is 2.69. The molecule has 102 valence electrons. The highest BCUT2D eigenvalue weighted by atomic mass is 35.5. The maximum atomic E-state index is 6.16. The molecule has 0 spiro atoms. The number of aromatic nitrogens is 2. The third kappa shape index (κ3) is 3.45. The van der Waals surface area contributed by atoms with Crippen molar-refractivity contribution in [3.8, 4) is 0 Å². The molecule has 0 saturated carbocycles. The molecule has 2 aromatic rings. The van der Waals surface area contributed by atoms with E-state index in [0.29, 0.717) is 5.15 Å². The van der Waals surface area contributed by atoms with E-state index in [4.69, 9.17) is 11.6 Å². The van der Waals surface area contributed by atoms with Gasteiger partial charge in [0.05, 0.1) is 6.54 Å². The second kappa shape index (κ2) is 5.88. The molecule has 0 aliphatic heterocycles. The molecule has 0 unspecified atom stereocenters. The maximum Gasteiger partial charge on any atom is 0.137 e. The molecular weight excluding hydrogens is 278 g/mol. The highest BCUT2D eigenvalue weighted by Gasteiger charge is 2.11. The number of thiophene rings is 1. The first-order valence-corrected chi connectivity index (χ1v) is 7.50. The Kier molecular flexibility index (Phi) is 4.42. The van der Waals surface area contributed by atoms with Gasteiger partial charge in [-0.15, -0.1) is 11.3 Å². The largest absolute Gasteiger partial charge is 0.365 e. The number of rotatable bonds is 4. The Hall–Kier alpha value is -1.13. The van der Waals surface area contributed by atoms with E-state index in [1.54, 1.807) is 11.3 Å². The first-order valence-electron chi connectivity index (χ1n) is 6.30. The fraction of sp³-hybridized carbons (Fsp3) is 0.429. The van der Waals surface area contributed by atoms with Crippen molar-refractivity contribution in [2.75, 3.05) is 5.32 Å². The lowest BCUT2D eigenvalue weighted by Crippen LogP contribution is -2.07. The van der Waals surface area contributed by atoms with Crippen LogP contribution in [0.4, 0.5) is 5.82 Å². The second-order valence-electron chi connectivity index (χ2n) is 4.87. The molecule has 0 fully saturated rings. The molecule has 0 radical (unpaired) electrons. The van der Waals surface area contributed by atoms with Gasteiger partial charge in [0.15, 0.2) is 0 Å². The van der Waals surface area contributed by atoms with Gasteiger partial charge in [-0.05, 0) is 26.0 Å². The summed E-state index contributed by atoms with van der Waals surface area (Å²) in [5.41, 5.74) is 0.902. The molecule has 3 nitrogen and oxygen atoms in total. The lowest BCUT2D eigenvalue weighted by Gasteiger charge is -2.12. The summed E-state index contributed by atoms with van der Waals surface area (Å²) in [6, 6.07) is 4.26. The summed E-state index contributed by atoms with van der Waals surface area (Å²) < 4.78 is 0. The van der Waals surface area contributed by atoms with Crippen LogP contribution in [0.25, 0.3) is 0 Å². The van der Waals surface area contributed by atoms with Gasteiger partial charge in [0.25, 0.3) is 0 Å². The van der Waals surface area contributed by atoms with Gasteiger partial charge < -0.3 is 5.32 Å². The Morgan fingerprint density at radius 1 is 1.26 bits per heavy atom. The maximum absolute atomic E-state index is 6.16. The summed E-state index contributed by atoms with van der Waals surface area (Å²) >= 11 is 7.95. The van der Waals surface area contributed by atoms with Crippen molar-refractivity contribution in [3.63, 3.8) is 0 Å². The molecule has 2 heterocycles. The second-order valence-corrected chi connectivity index (χ2v) is 6.60. The zero-order valence-electron chi connectivity index (χ0n) is 11.6. The van der Waals surface area contributed by atoms with Gasteiger partial charge >= 0.3 is 0 Å². The third-order valence-electron chi connectivity index (χ3n) is 2.85. The zero-order valence-corrected chi connectivity index (χ0v) is 13.2. The van der Waals surface area contributed by atoms with Gasteiger partial charge in [0.2, 0.25) is 0 Å². The number of halogens is 1. The van der Waals surface area contributed by atoms with E-state index in [-0.39, 0.29) is 5.92 Å². The molecular formula is C14H18ClN3S. The smallest absolute Gasteiger partial charge is 0.137 e. The number of aryl methyl sites for hydroxylation is 1. The summed E-state index contributed by atoms with van der Waals surface area (Å²) in [5.74, 6) is 1.87. The number of anilines is 1. The Labute approximate surface area is 123 Å². The van der Waals surface area contributed by atoms with E-state index in [2.05, 4.69) is 48.2 Å². The van der Waals surface area contributed by atoms with E-state index in [0.717, 1.165) is 23.8 Å². The summed E-state index contributed by atoms with van der Waals surface area (Å²) in [6.07, 6.45) is 0. The monoisotopic (exact) mass is 295 g/mol. The van der Waals surface area contributed by atoms with Crippen LogP contribution in [0.5, 0.6) is 0 Å². The minimum Gasteiger partial charge on any atom is -0.365 e. The molecule has 0 aliphatic carbocycles. The topological polar surface area (TPSA) is 37.8 Å². The lowest BCUT2D eigenvalue weighted by atomic mass is 10.2. The van der Waals surface area contributed by atoms with Crippen LogP contribution in [0.1, 0.15) is 40.9 Å². The minimum atomic E-state index is 0.266. The summed E-state index contributed by atoms with van der Waals surface area (Å²) in [5, 5.41) is 3.88. The summed E-state index contributed by atoms with van der Waals surface area (Å²) in [4.78, 5) is 11.5. The van der Waals surface area contributed by atoms with Crippen molar-refractivity contribution in [2.24, 2.45) is 0 Å². The van der Waals surface area contributed by atoms with Crippen LogP contribution in [0, 0.1) is 13.8 Å². The Balaban J connectivity index is 2.19. The van der Waals surface area contributed by atoms with Crippen molar-refractivity contribution < 1.29 is 0 Å². The van der Waals surface area contributed by atoms with Crippen molar-refractivity contribution >= 4 is 28.8 Å². The quantitative estimate of drug-likeness (QED) is 0.841. The van der Waals surface area contributed by atoms with Crippen LogP contribution in [0.2, 0.25) is 5.15 Å². The Bertz CT molecular complexity index is 578. The SMILES string of the molecule is Cc1ccc(CNc2nc(C(C)C)nc(Cl)c2C)s1. The van der Waals surface area contributed by atoms with Crippen molar-refractivity contribution in [3.05, 3.63) is 38.4 Å². The van der Waals surface area contributed by atoms with E-state index < -0.39 is 0 Å². The molecule has 1 N–H and O–H groups in total. The van der Waals surface area contributed by atoms with Gasteiger partial charge in [-0.3, -0.25) is 0 Å². The van der Waals surface area contributed by atoms with E-state index >= 15 is 0 Å². The van der Waals surface area contributed by atoms with Crippen molar-refractivity contribution in [2.45, 2.75) is 40.2 Å².